The van der Waals surface area contributed by atoms with Gasteiger partial charge < -0.3 is 14.8 Å². The molecular weight excluding hydrogens is 343 g/mol. The smallest absolute Gasteiger partial charge is 0.449 e. The van der Waals surface area contributed by atoms with Crippen molar-refractivity contribution < 1.29 is 19.0 Å². The van der Waals surface area contributed by atoms with Gasteiger partial charge >= 0.3 is 6.16 Å². The Labute approximate surface area is 126 Å². The van der Waals surface area contributed by atoms with Crippen molar-refractivity contribution in [2.75, 3.05) is 0 Å². The first-order chi connectivity index (χ1) is 10.0. The molecule has 2 N–H and O–H groups in total. The fraction of sp³-hybridized carbons (Fsp3) is 0. The number of H-pyrrole nitrogens is 1. The molecule has 0 fully saturated rings. The Morgan fingerprint density at radius 2 is 2.14 bits per heavy atom. The zero-order chi connectivity index (χ0) is 15.0. The molecule has 106 valence electrons. The molecule has 21 heavy (non-hydrogen) atoms. The van der Waals surface area contributed by atoms with Gasteiger partial charge in [-0.05, 0) is 46.3 Å². The van der Waals surface area contributed by atoms with Gasteiger partial charge in [0.15, 0.2) is 5.75 Å². The molecule has 0 atom stereocenters. The molecule has 0 aliphatic carbocycles. The lowest BCUT2D eigenvalue weighted by Crippen LogP contribution is -2.03. The molecule has 0 aliphatic heterocycles. The number of ether oxygens (including phenoxy) is 1. The van der Waals surface area contributed by atoms with E-state index in [0.717, 1.165) is 0 Å². The summed E-state index contributed by atoms with van der Waals surface area (Å²) in [7, 11) is 0. The maximum atomic E-state index is 13.6. The number of aromatic amines is 1. The average Bonchev–Trinajstić information content (AvgIpc) is 2.86. The highest BCUT2D eigenvalue weighted by Crippen LogP contribution is 2.28. The minimum atomic E-state index is -1.42. The van der Waals surface area contributed by atoms with Gasteiger partial charge in [-0.25, -0.2) is 14.2 Å². The highest BCUT2D eigenvalue weighted by atomic mass is 79.9. The second kappa shape index (κ2) is 5.17. The second-order valence-corrected chi connectivity index (χ2v) is 5.09. The summed E-state index contributed by atoms with van der Waals surface area (Å²) in [6.07, 6.45) is -1.42. The van der Waals surface area contributed by atoms with Crippen LogP contribution in [0.25, 0.3) is 22.4 Å². The van der Waals surface area contributed by atoms with Crippen molar-refractivity contribution in [1.29, 1.82) is 0 Å². The largest absolute Gasteiger partial charge is 0.511 e. The van der Waals surface area contributed by atoms with Crippen molar-refractivity contribution in [3.05, 3.63) is 46.7 Å². The Hall–Kier alpha value is -2.41. The van der Waals surface area contributed by atoms with E-state index in [9.17, 15) is 9.18 Å². The van der Waals surface area contributed by atoms with E-state index in [-0.39, 0.29) is 5.75 Å². The van der Waals surface area contributed by atoms with Gasteiger partial charge in [0.2, 0.25) is 0 Å². The number of hydrogen-bond acceptors (Lipinski definition) is 3. The normalized spacial score (nSPS) is 10.8. The Kier molecular flexibility index (Phi) is 3.34. The van der Waals surface area contributed by atoms with Crippen molar-refractivity contribution in [2.24, 2.45) is 0 Å². The molecule has 0 radical (unpaired) electrons. The Balaban J connectivity index is 2.12. The van der Waals surface area contributed by atoms with Crippen molar-refractivity contribution in [3.63, 3.8) is 0 Å². The minimum absolute atomic E-state index is 0.125. The highest BCUT2D eigenvalue weighted by molar-refractivity contribution is 9.10. The first kappa shape index (κ1) is 13.6. The van der Waals surface area contributed by atoms with Crippen LogP contribution in [0.2, 0.25) is 0 Å². The second-order valence-electron chi connectivity index (χ2n) is 4.23. The molecule has 3 aromatic rings. The molecule has 0 bridgehead atoms. The minimum Gasteiger partial charge on any atom is -0.449 e. The van der Waals surface area contributed by atoms with E-state index in [1.807, 2.05) is 0 Å². The lowest BCUT2D eigenvalue weighted by molar-refractivity contribution is 0.145. The number of carboxylic acid groups (broad SMARTS) is 1. The fourth-order valence-electron chi connectivity index (χ4n) is 1.96. The number of fused-ring (bicyclic) bond motifs is 1. The number of benzene rings is 2. The van der Waals surface area contributed by atoms with Gasteiger partial charge in [-0.15, -0.1) is 0 Å². The molecule has 7 heteroatoms. The number of halogens is 2. The molecule has 0 aliphatic rings. The Morgan fingerprint density at radius 3 is 2.86 bits per heavy atom. The van der Waals surface area contributed by atoms with Crippen LogP contribution in [0.5, 0.6) is 5.75 Å². The summed E-state index contributed by atoms with van der Waals surface area (Å²) in [6.45, 7) is 0. The third-order valence-electron chi connectivity index (χ3n) is 2.87. The summed E-state index contributed by atoms with van der Waals surface area (Å²) in [5, 5.41) is 8.70. The predicted octanol–water partition coefficient (Wildman–Crippen LogP) is 4.19. The highest BCUT2D eigenvalue weighted by Gasteiger charge is 2.13. The first-order valence-corrected chi connectivity index (χ1v) is 6.69. The number of para-hydroxylation sites is 1. The van der Waals surface area contributed by atoms with E-state index in [4.69, 9.17) is 5.11 Å². The summed E-state index contributed by atoms with van der Waals surface area (Å²) in [5.41, 5.74) is 1.53. The van der Waals surface area contributed by atoms with Crippen LogP contribution < -0.4 is 4.74 Å². The Morgan fingerprint density at radius 1 is 1.33 bits per heavy atom. The average molecular weight is 351 g/mol. The zero-order valence-electron chi connectivity index (χ0n) is 10.4. The van der Waals surface area contributed by atoms with E-state index >= 15 is 0 Å². The van der Waals surface area contributed by atoms with Crippen LogP contribution >= 0.6 is 15.9 Å². The molecule has 5 nitrogen and oxygen atoms in total. The van der Waals surface area contributed by atoms with Crippen molar-refractivity contribution in [3.8, 4) is 17.1 Å². The molecule has 0 saturated heterocycles. The topological polar surface area (TPSA) is 75.2 Å². The lowest BCUT2D eigenvalue weighted by atomic mass is 10.2. The van der Waals surface area contributed by atoms with Gasteiger partial charge in [-0.1, -0.05) is 6.07 Å². The number of imidazole rings is 1. The summed E-state index contributed by atoms with van der Waals surface area (Å²) in [6, 6.07) is 9.48. The van der Waals surface area contributed by atoms with Crippen LogP contribution in [0.15, 0.2) is 40.9 Å². The van der Waals surface area contributed by atoms with E-state index in [1.54, 1.807) is 24.3 Å². The van der Waals surface area contributed by atoms with Gasteiger partial charge in [0.25, 0.3) is 0 Å². The van der Waals surface area contributed by atoms with Crippen molar-refractivity contribution in [1.82, 2.24) is 9.97 Å². The maximum Gasteiger partial charge on any atom is 0.511 e. The monoisotopic (exact) mass is 350 g/mol. The molecule has 1 aromatic heterocycles. The molecule has 0 unspecified atom stereocenters. The number of carbonyl (C=O) groups is 1. The Bertz CT molecular complexity index is 847. The van der Waals surface area contributed by atoms with Crippen LogP contribution in [-0.2, 0) is 0 Å². The number of aromatic nitrogens is 2. The van der Waals surface area contributed by atoms with Crippen molar-refractivity contribution in [2.45, 2.75) is 0 Å². The molecular formula is C14H8BrFN2O3. The van der Waals surface area contributed by atoms with E-state index in [0.29, 0.717) is 26.9 Å². The molecule has 0 amide bonds. The standard InChI is InChI=1S/C14H8BrFN2O3/c15-8-5-4-7(6-9(8)16)13-17-10-2-1-3-11(12(10)18-13)21-14(19)20/h1-6H,(H,17,18)(H,19,20). The zero-order valence-corrected chi connectivity index (χ0v) is 12.0. The van der Waals surface area contributed by atoms with Gasteiger partial charge in [-0.2, -0.15) is 0 Å². The van der Waals surface area contributed by atoms with Crippen LogP contribution in [0, 0.1) is 5.82 Å². The van der Waals surface area contributed by atoms with E-state index in [1.165, 1.54) is 12.1 Å². The number of rotatable bonds is 2. The number of nitrogens with zero attached hydrogens (tertiary/aromatic N) is 1. The first-order valence-electron chi connectivity index (χ1n) is 5.89. The van der Waals surface area contributed by atoms with Crippen LogP contribution in [0.4, 0.5) is 9.18 Å². The third kappa shape index (κ3) is 2.59. The molecule has 1 heterocycles. The van der Waals surface area contributed by atoms with Crippen LogP contribution in [0.1, 0.15) is 0 Å². The molecule has 0 saturated carbocycles. The van der Waals surface area contributed by atoms with Gasteiger partial charge in [-0.3, -0.25) is 0 Å². The third-order valence-corrected chi connectivity index (χ3v) is 3.51. The van der Waals surface area contributed by atoms with Crippen LogP contribution in [-0.4, -0.2) is 21.2 Å². The quantitative estimate of drug-likeness (QED) is 0.536. The lowest BCUT2D eigenvalue weighted by Gasteiger charge is -1.99. The summed E-state index contributed by atoms with van der Waals surface area (Å²) < 4.78 is 18.6. The number of hydrogen-bond donors (Lipinski definition) is 2. The van der Waals surface area contributed by atoms with Crippen molar-refractivity contribution >= 4 is 33.1 Å². The van der Waals surface area contributed by atoms with Gasteiger partial charge in [0, 0.05) is 5.56 Å². The predicted molar refractivity (Wildman–Crippen MR) is 77.8 cm³/mol. The SMILES string of the molecule is O=C(O)Oc1cccc2[nH]c(-c3ccc(Br)c(F)c3)nc12. The molecule has 2 aromatic carbocycles. The molecule has 3 rings (SSSR count). The van der Waals surface area contributed by atoms with Gasteiger partial charge in [0.1, 0.15) is 17.2 Å². The molecule has 0 spiro atoms. The summed E-state index contributed by atoms with van der Waals surface area (Å²) in [4.78, 5) is 17.9. The summed E-state index contributed by atoms with van der Waals surface area (Å²) in [5.74, 6) is 0.146. The summed E-state index contributed by atoms with van der Waals surface area (Å²) >= 11 is 3.08. The van der Waals surface area contributed by atoms with Crippen LogP contribution in [0.3, 0.4) is 0 Å². The van der Waals surface area contributed by atoms with E-state index < -0.39 is 12.0 Å². The van der Waals surface area contributed by atoms with Gasteiger partial charge in [0.05, 0.1) is 9.99 Å². The number of nitrogens with one attached hydrogen (secondary N) is 1. The maximum absolute atomic E-state index is 13.6. The van der Waals surface area contributed by atoms with E-state index in [2.05, 4.69) is 30.6 Å². The fourth-order valence-corrected chi connectivity index (χ4v) is 2.21.